The molecule has 1 fully saturated rings. The van der Waals surface area contributed by atoms with Gasteiger partial charge in [-0.3, -0.25) is 4.79 Å². The monoisotopic (exact) mass is 366 g/mol. The van der Waals surface area contributed by atoms with Crippen molar-refractivity contribution >= 4 is 17.3 Å². The number of hydrogen-bond donors (Lipinski definition) is 1. The Hall–Kier alpha value is -2.49. The largest absolute Gasteiger partial charge is 0.481 e. The number of amides is 1. The Morgan fingerprint density at radius 3 is 2.33 bits per heavy atom. The van der Waals surface area contributed by atoms with E-state index < -0.39 is 6.10 Å². The first-order valence-electron chi connectivity index (χ1n) is 10.1. The van der Waals surface area contributed by atoms with E-state index in [1.807, 2.05) is 24.3 Å². The van der Waals surface area contributed by atoms with Gasteiger partial charge in [-0.1, -0.05) is 25.5 Å². The lowest BCUT2D eigenvalue weighted by Gasteiger charge is -2.28. The summed E-state index contributed by atoms with van der Waals surface area (Å²) < 4.78 is 5.78. The molecule has 1 saturated heterocycles. The van der Waals surface area contributed by atoms with Crippen LogP contribution in [0.1, 0.15) is 45.1 Å². The van der Waals surface area contributed by atoms with E-state index in [1.54, 1.807) is 6.92 Å². The second-order valence-corrected chi connectivity index (χ2v) is 7.24. The van der Waals surface area contributed by atoms with Gasteiger partial charge in [0, 0.05) is 24.5 Å². The number of carbonyl (C=O) groups is 1. The number of ether oxygens (including phenoxy) is 1. The van der Waals surface area contributed by atoms with Crippen molar-refractivity contribution < 1.29 is 9.53 Å². The van der Waals surface area contributed by atoms with E-state index in [-0.39, 0.29) is 5.91 Å². The number of nitrogens with one attached hydrogen (secondary N) is 1. The molecule has 3 rings (SSSR count). The van der Waals surface area contributed by atoms with Gasteiger partial charge in [0.1, 0.15) is 5.75 Å². The van der Waals surface area contributed by atoms with Crippen LogP contribution in [0.4, 0.5) is 11.4 Å². The van der Waals surface area contributed by atoms with Gasteiger partial charge >= 0.3 is 0 Å². The van der Waals surface area contributed by atoms with Gasteiger partial charge in [0.15, 0.2) is 6.10 Å². The summed E-state index contributed by atoms with van der Waals surface area (Å²) in [7, 11) is 0. The van der Waals surface area contributed by atoms with Crippen molar-refractivity contribution in [3.8, 4) is 5.75 Å². The average Bonchev–Trinajstić information content (AvgIpc) is 2.71. The summed E-state index contributed by atoms with van der Waals surface area (Å²) in [5.41, 5.74) is 3.31. The van der Waals surface area contributed by atoms with E-state index in [1.165, 1.54) is 30.5 Å². The van der Waals surface area contributed by atoms with Gasteiger partial charge in [0.2, 0.25) is 0 Å². The van der Waals surface area contributed by atoms with Crippen LogP contribution in [0, 0.1) is 0 Å². The lowest BCUT2D eigenvalue weighted by Crippen LogP contribution is -2.30. The minimum absolute atomic E-state index is 0.140. The number of rotatable bonds is 7. The van der Waals surface area contributed by atoms with E-state index in [2.05, 4.69) is 41.4 Å². The summed E-state index contributed by atoms with van der Waals surface area (Å²) >= 11 is 0. The smallest absolute Gasteiger partial charge is 0.265 e. The molecular weight excluding hydrogens is 336 g/mol. The molecule has 1 amide bonds. The van der Waals surface area contributed by atoms with Gasteiger partial charge in [-0.25, -0.2) is 0 Å². The highest BCUT2D eigenvalue weighted by molar-refractivity contribution is 5.94. The molecule has 2 aromatic rings. The fraction of sp³-hybridized carbons (Fsp3) is 0.435. The maximum Gasteiger partial charge on any atom is 0.265 e. The molecule has 1 N–H and O–H groups in total. The van der Waals surface area contributed by atoms with Crippen LogP contribution in [-0.4, -0.2) is 25.1 Å². The summed E-state index contributed by atoms with van der Waals surface area (Å²) in [6.07, 6.45) is 5.46. The van der Waals surface area contributed by atoms with Crippen molar-refractivity contribution in [2.75, 3.05) is 23.3 Å². The molecule has 144 valence electrons. The highest BCUT2D eigenvalue weighted by Crippen LogP contribution is 2.22. The van der Waals surface area contributed by atoms with Crippen molar-refractivity contribution in [2.45, 2.75) is 52.1 Å². The normalized spacial score (nSPS) is 15.3. The first-order chi connectivity index (χ1) is 13.2. The molecule has 2 aromatic carbocycles. The predicted octanol–water partition coefficient (Wildman–Crippen LogP) is 5.04. The topological polar surface area (TPSA) is 41.6 Å². The highest BCUT2D eigenvalue weighted by atomic mass is 16.5. The highest BCUT2D eigenvalue weighted by Gasteiger charge is 2.15. The molecule has 0 bridgehead atoms. The fourth-order valence-electron chi connectivity index (χ4n) is 3.43. The number of anilines is 2. The van der Waals surface area contributed by atoms with Crippen LogP contribution >= 0.6 is 0 Å². The van der Waals surface area contributed by atoms with Crippen molar-refractivity contribution in [3.05, 3.63) is 54.1 Å². The van der Waals surface area contributed by atoms with Crippen LogP contribution in [0.15, 0.2) is 48.5 Å². The maximum atomic E-state index is 12.4. The van der Waals surface area contributed by atoms with Crippen molar-refractivity contribution in [1.29, 1.82) is 0 Å². The van der Waals surface area contributed by atoms with Gasteiger partial charge in [0.25, 0.3) is 5.91 Å². The summed E-state index contributed by atoms with van der Waals surface area (Å²) in [5.74, 6) is 0.580. The Labute approximate surface area is 162 Å². The van der Waals surface area contributed by atoms with Crippen LogP contribution in [-0.2, 0) is 11.2 Å². The van der Waals surface area contributed by atoms with E-state index in [9.17, 15) is 4.79 Å². The zero-order valence-electron chi connectivity index (χ0n) is 16.4. The zero-order chi connectivity index (χ0) is 19.1. The molecular formula is C23H30N2O2. The van der Waals surface area contributed by atoms with Crippen LogP contribution in [0.25, 0.3) is 0 Å². The molecule has 0 spiro atoms. The second kappa shape index (κ2) is 9.45. The maximum absolute atomic E-state index is 12.4. The number of piperidine rings is 1. The summed E-state index contributed by atoms with van der Waals surface area (Å²) in [6, 6.07) is 16.1. The molecule has 0 aliphatic carbocycles. The number of aryl methyl sites for hydroxylation is 1. The van der Waals surface area contributed by atoms with Gasteiger partial charge in [-0.15, -0.1) is 0 Å². The van der Waals surface area contributed by atoms with Crippen LogP contribution in [0.2, 0.25) is 0 Å². The van der Waals surface area contributed by atoms with E-state index in [0.717, 1.165) is 37.4 Å². The van der Waals surface area contributed by atoms with Crippen LogP contribution in [0.3, 0.4) is 0 Å². The van der Waals surface area contributed by atoms with E-state index in [4.69, 9.17) is 4.74 Å². The van der Waals surface area contributed by atoms with Crippen LogP contribution in [0.5, 0.6) is 5.75 Å². The Balaban J connectivity index is 1.52. The van der Waals surface area contributed by atoms with Crippen LogP contribution < -0.4 is 15.0 Å². The quantitative estimate of drug-likeness (QED) is 0.747. The molecule has 4 nitrogen and oxygen atoms in total. The molecule has 0 radical (unpaired) electrons. The summed E-state index contributed by atoms with van der Waals surface area (Å²) in [6.45, 7) is 6.18. The molecule has 27 heavy (non-hydrogen) atoms. The molecule has 1 unspecified atom stereocenters. The molecule has 0 aromatic heterocycles. The minimum Gasteiger partial charge on any atom is -0.481 e. The third-order valence-corrected chi connectivity index (χ3v) is 5.00. The fourth-order valence-corrected chi connectivity index (χ4v) is 3.43. The minimum atomic E-state index is -0.552. The molecule has 1 atom stereocenters. The molecule has 4 heteroatoms. The lowest BCUT2D eigenvalue weighted by molar-refractivity contribution is -0.122. The second-order valence-electron chi connectivity index (χ2n) is 7.24. The van der Waals surface area contributed by atoms with Gasteiger partial charge in [-0.2, -0.15) is 0 Å². The third-order valence-electron chi connectivity index (χ3n) is 5.00. The van der Waals surface area contributed by atoms with Gasteiger partial charge < -0.3 is 15.0 Å². The Kier molecular flexibility index (Phi) is 6.74. The van der Waals surface area contributed by atoms with Crippen molar-refractivity contribution in [3.63, 3.8) is 0 Å². The molecule has 0 saturated carbocycles. The Morgan fingerprint density at radius 1 is 1.04 bits per heavy atom. The number of carbonyl (C=O) groups excluding carboxylic acids is 1. The molecule has 1 aliphatic heterocycles. The van der Waals surface area contributed by atoms with Gasteiger partial charge in [0.05, 0.1) is 0 Å². The number of nitrogens with zero attached hydrogens (tertiary/aromatic N) is 1. The summed E-state index contributed by atoms with van der Waals surface area (Å²) in [5, 5.41) is 2.94. The Morgan fingerprint density at radius 2 is 1.70 bits per heavy atom. The average molecular weight is 367 g/mol. The van der Waals surface area contributed by atoms with E-state index >= 15 is 0 Å². The standard InChI is InChI=1S/C23H30N2O2/c1-3-7-19-8-14-22(15-9-19)27-18(2)23(26)24-20-10-12-21(13-11-20)25-16-5-4-6-17-25/h8-15,18H,3-7,16-17H2,1-2H3,(H,24,26). The molecule has 1 aliphatic rings. The van der Waals surface area contributed by atoms with E-state index in [0.29, 0.717) is 0 Å². The number of benzene rings is 2. The van der Waals surface area contributed by atoms with Crippen molar-refractivity contribution in [2.24, 2.45) is 0 Å². The number of hydrogen-bond acceptors (Lipinski definition) is 3. The SMILES string of the molecule is CCCc1ccc(OC(C)C(=O)Nc2ccc(N3CCCCC3)cc2)cc1. The summed E-state index contributed by atoms with van der Waals surface area (Å²) in [4.78, 5) is 14.8. The first kappa shape index (κ1) is 19.3. The Bertz CT molecular complexity index is 719. The van der Waals surface area contributed by atoms with Gasteiger partial charge in [-0.05, 0) is 74.6 Å². The zero-order valence-corrected chi connectivity index (χ0v) is 16.4. The third kappa shape index (κ3) is 5.49. The first-order valence-corrected chi connectivity index (χ1v) is 10.1. The lowest BCUT2D eigenvalue weighted by atomic mass is 10.1. The predicted molar refractivity (Wildman–Crippen MR) is 112 cm³/mol. The van der Waals surface area contributed by atoms with Crippen molar-refractivity contribution in [1.82, 2.24) is 0 Å². The molecule has 1 heterocycles.